The lowest BCUT2D eigenvalue weighted by atomic mass is 9.85. The number of anilines is 2. The van der Waals surface area contributed by atoms with Crippen LogP contribution in [0.25, 0.3) is 82.1 Å². The summed E-state index contributed by atoms with van der Waals surface area (Å²) < 4.78 is 20.7. The van der Waals surface area contributed by atoms with Crippen molar-refractivity contribution >= 4 is 76.5 Å². The minimum absolute atomic E-state index is 0.0222. The van der Waals surface area contributed by atoms with Gasteiger partial charge in [0.15, 0.2) is 0 Å². The Hall–Kier alpha value is -7.89. The van der Waals surface area contributed by atoms with Gasteiger partial charge < -0.3 is 14.2 Å². The average Bonchev–Trinajstić information content (AvgIpc) is 3.90. The Morgan fingerprint density at radius 2 is 1.09 bits per heavy atom. The van der Waals surface area contributed by atoms with Crippen LogP contribution >= 0.6 is 0 Å². The number of fused-ring (bicyclic) bond motifs is 10. The number of ether oxygens (including phenoxy) is 1. The van der Waals surface area contributed by atoms with E-state index in [-0.39, 0.29) is 10.8 Å². The van der Waals surface area contributed by atoms with Crippen LogP contribution in [0, 0.1) is 0 Å². The lowest BCUT2D eigenvalue weighted by Crippen LogP contribution is -2.15. The summed E-state index contributed by atoms with van der Waals surface area (Å²) in [4.78, 5) is 7.32. The summed E-state index contributed by atoms with van der Waals surface area (Å²) in [6.45, 7) is 13.9. The van der Waals surface area contributed by atoms with Crippen molar-refractivity contribution in [2.24, 2.45) is 0 Å². The SMILES string of the molecule is [2H]c1cc(-c2cccc3c4ccccc4c4ccccc4c4cccc5c4n(c23)CN5c2cccc(Oc3ccc4c5ccccc5n(-c5cc(C(C)(C)C)ccn5)c4c3)c2)cc(C(C)(C)C)c1. The number of para-hydroxylation sites is 3. The monoisotopic (exact) mass is 869 g/mol. The van der Waals surface area contributed by atoms with E-state index in [4.69, 9.17) is 11.1 Å². The molecule has 12 rings (SSSR count). The molecule has 1 aliphatic rings. The van der Waals surface area contributed by atoms with Crippen LogP contribution in [-0.2, 0) is 17.5 Å². The molecule has 0 radical (unpaired) electrons. The largest absolute Gasteiger partial charge is 0.457 e. The predicted octanol–water partition coefficient (Wildman–Crippen LogP) is 16.9. The molecule has 0 bridgehead atoms. The van der Waals surface area contributed by atoms with Crippen LogP contribution in [0.1, 0.15) is 54.0 Å². The van der Waals surface area contributed by atoms with Gasteiger partial charge in [-0.3, -0.25) is 4.57 Å². The van der Waals surface area contributed by atoms with Crippen molar-refractivity contribution in [2.75, 3.05) is 4.90 Å². The topological polar surface area (TPSA) is 35.2 Å². The number of pyridine rings is 1. The quantitative estimate of drug-likeness (QED) is 0.173. The van der Waals surface area contributed by atoms with Crippen molar-refractivity contribution in [1.29, 1.82) is 0 Å². The molecule has 0 spiro atoms. The van der Waals surface area contributed by atoms with Gasteiger partial charge in [-0.1, -0.05) is 169 Å². The van der Waals surface area contributed by atoms with Crippen molar-refractivity contribution in [3.05, 3.63) is 205 Å². The first-order chi connectivity index (χ1) is 32.9. The summed E-state index contributed by atoms with van der Waals surface area (Å²) in [5, 5.41) is 9.39. The van der Waals surface area contributed by atoms with E-state index in [9.17, 15) is 0 Å². The second-order valence-electron chi connectivity index (χ2n) is 20.0. The second kappa shape index (κ2) is 15.4. The number of nitrogens with zero attached hydrogens (tertiary/aromatic N) is 4. The van der Waals surface area contributed by atoms with Crippen LogP contribution in [-0.4, -0.2) is 14.1 Å². The first-order valence-corrected chi connectivity index (χ1v) is 23.3. The van der Waals surface area contributed by atoms with Crippen molar-refractivity contribution in [2.45, 2.75) is 59.0 Å². The molecule has 3 aromatic heterocycles. The third-order valence-electron chi connectivity index (χ3n) is 13.7. The molecule has 0 amide bonds. The Bertz CT molecular complexity index is 3920. The first kappa shape index (κ1) is 39.5. The minimum atomic E-state index is -0.128. The van der Waals surface area contributed by atoms with Gasteiger partial charge in [-0.15, -0.1) is 0 Å². The minimum Gasteiger partial charge on any atom is -0.457 e. The number of hydrogen-bond acceptors (Lipinski definition) is 3. The standard InChI is InChI=1S/C62H52N4O/c1-61(2,3)41-18-13-17-40(35-41)46-26-15-27-53-49-23-9-7-21-47(49)48-22-8-10-24-50(48)54-28-16-30-56-60(54)65(59(46)53)39-64(56)43-19-14-20-44(37-43)67-45-31-32-52-51-25-11-12-29-55(51)66(57(52)38-45)58-36-42(33-34-63-58)62(4,5)6/h7-38H,39H2,1-6H3/i13D. The van der Waals surface area contributed by atoms with Gasteiger partial charge >= 0.3 is 0 Å². The van der Waals surface area contributed by atoms with Gasteiger partial charge in [0.1, 0.15) is 24.0 Å². The van der Waals surface area contributed by atoms with E-state index in [2.05, 4.69) is 219 Å². The van der Waals surface area contributed by atoms with Gasteiger partial charge in [-0.25, -0.2) is 4.98 Å². The third-order valence-corrected chi connectivity index (χ3v) is 13.7. The van der Waals surface area contributed by atoms with Crippen LogP contribution in [0.2, 0.25) is 0 Å². The molecular formula is C62H52N4O. The molecule has 0 atom stereocenters. The molecule has 326 valence electrons. The lowest BCUT2D eigenvalue weighted by molar-refractivity contribution is 0.483. The molecule has 4 heterocycles. The highest BCUT2D eigenvalue weighted by molar-refractivity contribution is 6.22. The van der Waals surface area contributed by atoms with E-state index in [1.54, 1.807) is 0 Å². The van der Waals surface area contributed by atoms with Gasteiger partial charge in [-0.2, -0.15) is 0 Å². The van der Waals surface area contributed by atoms with Crippen LogP contribution in [0.4, 0.5) is 11.4 Å². The maximum Gasteiger partial charge on any atom is 0.137 e. The molecule has 0 unspecified atom stereocenters. The van der Waals surface area contributed by atoms with Gasteiger partial charge in [-0.05, 0) is 97.6 Å². The molecule has 5 nitrogen and oxygen atoms in total. The molecule has 0 fully saturated rings. The summed E-state index contributed by atoms with van der Waals surface area (Å²) >= 11 is 0. The second-order valence-corrected chi connectivity index (χ2v) is 20.0. The Morgan fingerprint density at radius 1 is 0.493 bits per heavy atom. The normalized spacial score (nSPS) is 13.0. The number of aromatic nitrogens is 3. The van der Waals surface area contributed by atoms with E-state index < -0.39 is 0 Å². The Kier molecular flexibility index (Phi) is 9.04. The predicted molar refractivity (Wildman–Crippen MR) is 282 cm³/mol. The molecule has 11 aromatic rings. The maximum absolute atomic E-state index is 9.04. The summed E-state index contributed by atoms with van der Waals surface area (Å²) in [5.41, 5.74) is 10.9. The third kappa shape index (κ3) is 6.79. The van der Waals surface area contributed by atoms with Crippen LogP contribution in [0.3, 0.4) is 0 Å². The highest BCUT2D eigenvalue weighted by Crippen LogP contribution is 2.45. The summed E-state index contributed by atoms with van der Waals surface area (Å²) in [7, 11) is 0. The van der Waals surface area contributed by atoms with Crippen LogP contribution in [0.15, 0.2) is 194 Å². The lowest BCUT2D eigenvalue weighted by Gasteiger charge is -2.22. The van der Waals surface area contributed by atoms with Crippen LogP contribution < -0.4 is 9.64 Å². The fourth-order valence-electron chi connectivity index (χ4n) is 10.3. The molecule has 0 aliphatic carbocycles. The number of rotatable bonds is 5. The van der Waals surface area contributed by atoms with Gasteiger partial charge in [0, 0.05) is 51.1 Å². The average molecular weight is 870 g/mol. The fourth-order valence-corrected chi connectivity index (χ4v) is 10.3. The zero-order valence-electron chi connectivity index (χ0n) is 39.8. The van der Waals surface area contributed by atoms with Gasteiger partial charge in [0.25, 0.3) is 0 Å². The Balaban J connectivity index is 1.05. The van der Waals surface area contributed by atoms with E-state index in [1.165, 1.54) is 37.9 Å². The molecule has 0 saturated heterocycles. The molecule has 67 heavy (non-hydrogen) atoms. The highest BCUT2D eigenvalue weighted by Gasteiger charge is 2.26. The zero-order valence-corrected chi connectivity index (χ0v) is 38.8. The maximum atomic E-state index is 9.04. The van der Waals surface area contributed by atoms with Crippen LogP contribution in [0.5, 0.6) is 11.5 Å². The highest BCUT2D eigenvalue weighted by atomic mass is 16.5. The molecule has 8 aromatic carbocycles. The zero-order chi connectivity index (χ0) is 46.5. The van der Waals surface area contributed by atoms with Crippen molar-refractivity contribution in [1.82, 2.24) is 14.1 Å². The van der Waals surface area contributed by atoms with Gasteiger partial charge in [0.2, 0.25) is 0 Å². The number of benzene rings is 8. The Morgan fingerprint density at radius 3 is 1.82 bits per heavy atom. The van der Waals surface area contributed by atoms with Gasteiger partial charge in [0.05, 0.1) is 29.1 Å². The van der Waals surface area contributed by atoms with E-state index in [1.807, 2.05) is 24.4 Å². The van der Waals surface area contributed by atoms with Crippen molar-refractivity contribution in [3.63, 3.8) is 0 Å². The molecular weight excluding hydrogens is 817 g/mol. The smallest absolute Gasteiger partial charge is 0.137 e. The van der Waals surface area contributed by atoms with Crippen molar-refractivity contribution < 1.29 is 6.11 Å². The van der Waals surface area contributed by atoms with E-state index in [0.717, 1.165) is 78.2 Å². The summed E-state index contributed by atoms with van der Waals surface area (Å²) in [6.07, 6.45) is 1.92. The first-order valence-electron chi connectivity index (χ1n) is 23.8. The fraction of sp³-hybridized carbons (Fsp3) is 0.145. The molecule has 0 saturated carbocycles. The molecule has 0 N–H and O–H groups in total. The number of hydrogen-bond donors (Lipinski definition) is 0. The summed E-state index contributed by atoms with van der Waals surface area (Å²) in [5.74, 6) is 2.38. The van der Waals surface area contributed by atoms with E-state index in [0.29, 0.717) is 12.7 Å². The molecule has 1 aliphatic heterocycles. The summed E-state index contributed by atoms with van der Waals surface area (Å²) in [6, 6.07) is 65.6. The van der Waals surface area contributed by atoms with Crippen molar-refractivity contribution in [3.8, 4) is 28.4 Å². The Labute approximate surface area is 392 Å². The van der Waals surface area contributed by atoms with E-state index >= 15 is 0 Å². The molecule has 5 heteroatoms.